The molecule has 1 heterocycles. The summed E-state index contributed by atoms with van der Waals surface area (Å²) in [7, 11) is 0. The van der Waals surface area contributed by atoms with Gasteiger partial charge in [0.25, 0.3) is 5.91 Å². The molecule has 0 radical (unpaired) electrons. The summed E-state index contributed by atoms with van der Waals surface area (Å²) >= 11 is 6.15. The summed E-state index contributed by atoms with van der Waals surface area (Å²) < 4.78 is 2.05. The van der Waals surface area contributed by atoms with Gasteiger partial charge in [0.15, 0.2) is 0 Å². The van der Waals surface area contributed by atoms with Gasteiger partial charge in [-0.05, 0) is 55.2 Å². The number of para-hydroxylation sites is 1. The zero-order chi connectivity index (χ0) is 18.1. The Kier molecular flexibility index (Phi) is 4.87. The molecule has 0 saturated carbocycles. The van der Waals surface area contributed by atoms with Crippen molar-refractivity contribution in [2.24, 2.45) is 0 Å². The lowest BCUT2D eigenvalue weighted by atomic mass is 10.0. The van der Waals surface area contributed by atoms with Crippen molar-refractivity contribution in [3.8, 4) is 0 Å². The molecule has 4 heteroatoms. The molecular weight excluding hydrogens is 332 g/mol. The number of aryl methyl sites for hydroxylation is 2. The molecule has 3 nitrogen and oxygen atoms in total. The highest BCUT2D eigenvalue weighted by Gasteiger charge is 2.20. The van der Waals surface area contributed by atoms with E-state index in [0.717, 1.165) is 34.3 Å². The normalized spacial score (nSPS) is 11.3. The van der Waals surface area contributed by atoms with Gasteiger partial charge >= 0.3 is 0 Å². The third-order valence-electron chi connectivity index (χ3n) is 4.64. The van der Waals surface area contributed by atoms with Crippen LogP contribution in [0.25, 0.3) is 10.9 Å². The number of nitrogens with zero attached hydrogens (tertiary/aromatic N) is 1. The highest BCUT2D eigenvalue weighted by molar-refractivity contribution is 6.31. The maximum Gasteiger partial charge on any atom is 0.272 e. The van der Waals surface area contributed by atoms with E-state index in [4.69, 9.17) is 11.6 Å². The number of hydrogen-bond acceptors (Lipinski definition) is 1. The minimum Gasteiger partial charge on any atom is -0.337 e. The minimum atomic E-state index is -0.0835. The number of carbonyl (C=O) groups is 1. The Labute approximate surface area is 153 Å². The van der Waals surface area contributed by atoms with Crippen LogP contribution in [0, 0.1) is 6.92 Å². The van der Waals surface area contributed by atoms with Crippen LogP contribution in [0.3, 0.4) is 0 Å². The van der Waals surface area contributed by atoms with Crippen LogP contribution in [0.1, 0.15) is 48.3 Å². The fourth-order valence-corrected chi connectivity index (χ4v) is 3.58. The molecule has 1 amide bonds. The number of rotatable bonds is 4. The van der Waals surface area contributed by atoms with Crippen molar-refractivity contribution >= 4 is 34.1 Å². The van der Waals surface area contributed by atoms with Crippen LogP contribution in [0.2, 0.25) is 5.02 Å². The van der Waals surface area contributed by atoms with Crippen molar-refractivity contribution in [2.75, 3.05) is 5.32 Å². The Balaban J connectivity index is 2.08. The SMILES string of the molecule is CCn1c(C(=O)Nc2ccccc2C(C)C)c(C)c2cc(Cl)ccc21. The van der Waals surface area contributed by atoms with Crippen LogP contribution < -0.4 is 5.32 Å². The number of nitrogens with one attached hydrogen (secondary N) is 1. The molecule has 2 aromatic carbocycles. The molecule has 0 aliphatic carbocycles. The number of hydrogen-bond donors (Lipinski definition) is 1. The van der Waals surface area contributed by atoms with Gasteiger partial charge < -0.3 is 9.88 Å². The highest BCUT2D eigenvalue weighted by atomic mass is 35.5. The largest absolute Gasteiger partial charge is 0.337 e. The lowest BCUT2D eigenvalue weighted by molar-refractivity contribution is 0.101. The molecule has 0 saturated heterocycles. The van der Waals surface area contributed by atoms with Crippen LogP contribution in [-0.2, 0) is 6.54 Å². The van der Waals surface area contributed by atoms with Gasteiger partial charge in [-0.15, -0.1) is 0 Å². The third kappa shape index (κ3) is 3.16. The maximum atomic E-state index is 13.1. The molecule has 130 valence electrons. The van der Waals surface area contributed by atoms with Crippen LogP contribution in [0.4, 0.5) is 5.69 Å². The first-order chi connectivity index (χ1) is 11.9. The first-order valence-corrected chi connectivity index (χ1v) is 9.00. The molecule has 0 fully saturated rings. The lowest BCUT2D eigenvalue weighted by Crippen LogP contribution is -2.18. The Hall–Kier alpha value is -2.26. The van der Waals surface area contributed by atoms with E-state index in [1.165, 1.54) is 0 Å². The van der Waals surface area contributed by atoms with Crippen molar-refractivity contribution in [1.29, 1.82) is 0 Å². The van der Waals surface area contributed by atoms with Crippen molar-refractivity contribution < 1.29 is 4.79 Å². The average molecular weight is 355 g/mol. The molecule has 0 bridgehead atoms. The molecule has 25 heavy (non-hydrogen) atoms. The number of benzene rings is 2. The Morgan fingerprint density at radius 1 is 1.20 bits per heavy atom. The van der Waals surface area contributed by atoms with Crippen molar-refractivity contribution in [3.05, 3.63) is 64.3 Å². The van der Waals surface area contributed by atoms with Crippen molar-refractivity contribution in [2.45, 2.75) is 40.2 Å². The van der Waals surface area contributed by atoms with E-state index in [-0.39, 0.29) is 5.91 Å². The smallest absolute Gasteiger partial charge is 0.272 e. The quantitative estimate of drug-likeness (QED) is 0.612. The van der Waals surface area contributed by atoms with Gasteiger partial charge in [-0.3, -0.25) is 4.79 Å². The summed E-state index contributed by atoms with van der Waals surface area (Å²) in [5.74, 6) is 0.258. The van der Waals surface area contributed by atoms with Gasteiger partial charge in [0.05, 0.1) is 0 Å². The van der Waals surface area contributed by atoms with Gasteiger partial charge in [0.1, 0.15) is 5.69 Å². The van der Waals surface area contributed by atoms with Gasteiger partial charge in [0, 0.05) is 28.2 Å². The van der Waals surface area contributed by atoms with Crippen LogP contribution in [-0.4, -0.2) is 10.5 Å². The Bertz CT molecular complexity index is 940. The maximum absolute atomic E-state index is 13.1. The first kappa shape index (κ1) is 17.6. The molecule has 3 rings (SSSR count). The monoisotopic (exact) mass is 354 g/mol. The number of anilines is 1. The van der Waals surface area contributed by atoms with E-state index in [2.05, 4.69) is 25.2 Å². The predicted octanol–water partition coefficient (Wildman–Crippen LogP) is 6.00. The second kappa shape index (κ2) is 6.93. The fourth-order valence-electron chi connectivity index (χ4n) is 3.41. The number of carbonyl (C=O) groups excluding carboxylic acids is 1. The molecule has 0 aliphatic rings. The molecule has 3 aromatic rings. The number of amides is 1. The van der Waals surface area contributed by atoms with Crippen molar-refractivity contribution in [1.82, 2.24) is 4.57 Å². The van der Waals surface area contributed by atoms with Gasteiger partial charge in [-0.2, -0.15) is 0 Å². The fraction of sp³-hybridized carbons (Fsp3) is 0.286. The number of fused-ring (bicyclic) bond motifs is 1. The zero-order valence-electron chi connectivity index (χ0n) is 15.1. The summed E-state index contributed by atoms with van der Waals surface area (Å²) in [6.07, 6.45) is 0. The average Bonchev–Trinajstić information content (AvgIpc) is 2.86. The standard InChI is InChI=1S/C21H23ClN2O/c1-5-24-19-11-10-15(22)12-17(19)14(4)20(24)21(25)23-18-9-7-6-8-16(18)13(2)3/h6-13H,5H2,1-4H3,(H,23,25). The molecule has 0 atom stereocenters. The van der Waals surface area contributed by atoms with Crippen LogP contribution in [0.5, 0.6) is 0 Å². The van der Waals surface area contributed by atoms with E-state index in [9.17, 15) is 4.79 Å². The summed E-state index contributed by atoms with van der Waals surface area (Å²) in [4.78, 5) is 13.1. The lowest BCUT2D eigenvalue weighted by Gasteiger charge is -2.15. The van der Waals surface area contributed by atoms with Gasteiger partial charge in [-0.1, -0.05) is 43.6 Å². The minimum absolute atomic E-state index is 0.0835. The molecular formula is C21H23ClN2O. The zero-order valence-corrected chi connectivity index (χ0v) is 15.8. The molecule has 1 aromatic heterocycles. The Morgan fingerprint density at radius 3 is 2.60 bits per heavy atom. The topological polar surface area (TPSA) is 34.0 Å². The van der Waals surface area contributed by atoms with Gasteiger partial charge in [-0.25, -0.2) is 0 Å². The van der Waals surface area contributed by atoms with Crippen molar-refractivity contribution in [3.63, 3.8) is 0 Å². The predicted molar refractivity (Wildman–Crippen MR) is 106 cm³/mol. The Morgan fingerprint density at radius 2 is 1.92 bits per heavy atom. The third-order valence-corrected chi connectivity index (χ3v) is 4.88. The molecule has 0 unspecified atom stereocenters. The van der Waals surface area contributed by atoms with Crippen LogP contribution >= 0.6 is 11.6 Å². The van der Waals surface area contributed by atoms with Gasteiger partial charge in [0.2, 0.25) is 0 Å². The summed E-state index contributed by atoms with van der Waals surface area (Å²) in [6, 6.07) is 13.7. The highest BCUT2D eigenvalue weighted by Crippen LogP contribution is 2.30. The summed E-state index contributed by atoms with van der Waals surface area (Å²) in [5, 5.41) is 4.81. The van der Waals surface area contributed by atoms with E-state index in [1.807, 2.05) is 54.8 Å². The van der Waals surface area contributed by atoms with E-state index in [0.29, 0.717) is 16.6 Å². The molecule has 0 spiro atoms. The van der Waals surface area contributed by atoms with Crippen LogP contribution in [0.15, 0.2) is 42.5 Å². The number of halogens is 1. The second-order valence-electron chi connectivity index (χ2n) is 6.58. The second-order valence-corrected chi connectivity index (χ2v) is 7.01. The summed E-state index contributed by atoms with van der Waals surface area (Å²) in [6.45, 7) is 9.00. The van der Waals surface area contributed by atoms with E-state index < -0.39 is 0 Å². The first-order valence-electron chi connectivity index (χ1n) is 8.62. The number of aromatic nitrogens is 1. The van der Waals surface area contributed by atoms with E-state index in [1.54, 1.807) is 0 Å². The molecule has 1 N–H and O–H groups in total. The van der Waals surface area contributed by atoms with E-state index >= 15 is 0 Å². The molecule has 0 aliphatic heterocycles. The summed E-state index contributed by atoms with van der Waals surface area (Å²) in [5.41, 5.74) is 4.69.